The molecule has 0 aliphatic heterocycles. The molecule has 0 amide bonds. The highest BCUT2D eigenvalue weighted by Gasteiger charge is 2.22. The summed E-state index contributed by atoms with van der Waals surface area (Å²) in [7, 11) is -4.00. The van der Waals surface area contributed by atoms with E-state index in [0.29, 0.717) is 32.5 Å². The van der Waals surface area contributed by atoms with Crippen LogP contribution in [0.2, 0.25) is 5.02 Å². The Morgan fingerprint density at radius 2 is 1.47 bits per heavy atom. The highest BCUT2D eigenvalue weighted by atomic mass is 35.5. The lowest BCUT2D eigenvalue weighted by Gasteiger charge is -2.17. The molecule has 0 saturated carbocycles. The normalized spacial score (nSPS) is 11.7. The molecule has 5 aromatic rings. The maximum atomic E-state index is 13.3. The molecule has 0 spiro atoms. The van der Waals surface area contributed by atoms with Crippen LogP contribution < -0.4 is 4.72 Å². The van der Waals surface area contributed by atoms with Gasteiger partial charge in [-0.3, -0.25) is 4.72 Å². The topological polar surface area (TPSA) is 86.6 Å². The molecule has 0 aromatic heterocycles. The van der Waals surface area contributed by atoms with E-state index in [0.717, 1.165) is 10.8 Å². The van der Waals surface area contributed by atoms with Gasteiger partial charge in [0, 0.05) is 26.9 Å². The Hall–Kier alpha value is -3.74. The van der Waals surface area contributed by atoms with E-state index in [1.54, 1.807) is 61.5 Å². The lowest BCUT2D eigenvalue weighted by atomic mass is 9.93. The highest BCUT2D eigenvalue weighted by molar-refractivity contribution is 7.92. The average molecular weight is 490 g/mol. The maximum Gasteiger partial charge on any atom is 0.262 e. The van der Waals surface area contributed by atoms with Crippen LogP contribution >= 0.6 is 11.6 Å². The van der Waals surface area contributed by atoms with Crippen molar-refractivity contribution in [2.24, 2.45) is 0 Å². The number of sulfonamides is 1. The standard InChI is InChI=1S/C27H20ClNO4S/c1-16-10-12-18(28)14-25(16)34(32,33)29-23-15-22(27(31)21-9-5-4-8-20(21)23)26-19-7-3-2-6-17(19)11-13-24(26)30/h2-15,29-31H,1H3. The predicted octanol–water partition coefficient (Wildman–Crippen LogP) is 6.83. The molecule has 5 nitrogen and oxygen atoms in total. The Balaban J connectivity index is 1.78. The second kappa shape index (κ2) is 8.24. The van der Waals surface area contributed by atoms with Crippen molar-refractivity contribution in [3.8, 4) is 22.6 Å². The molecule has 0 unspecified atom stereocenters. The van der Waals surface area contributed by atoms with Crippen LogP contribution in [-0.2, 0) is 10.0 Å². The number of phenols is 2. The summed E-state index contributed by atoms with van der Waals surface area (Å²) < 4.78 is 29.4. The van der Waals surface area contributed by atoms with Gasteiger partial charge >= 0.3 is 0 Å². The zero-order chi connectivity index (χ0) is 24.0. The molecule has 0 aliphatic carbocycles. The quantitative estimate of drug-likeness (QED) is 0.241. The maximum absolute atomic E-state index is 13.3. The number of fused-ring (bicyclic) bond motifs is 2. The molecule has 0 aliphatic rings. The zero-order valence-electron chi connectivity index (χ0n) is 18.1. The molecule has 0 saturated heterocycles. The molecule has 34 heavy (non-hydrogen) atoms. The first-order chi connectivity index (χ1) is 16.3. The molecule has 0 heterocycles. The third kappa shape index (κ3) is 3.71. The molecule has 3 N–H and O–H groups in total. The SMILES string of the molecule is Cc1ccc(Cl)cc1S(=O)(=O)Nc1cc(-c2c(O)ccc3ccccc23)c(O)c2ccccc12. The summed E-state index contributed by atoms with van der Waals surface area (Å²) in [5.74, 6) is -0.0760. The zero-order valence-corrected chi connectivity index (χ0v) is 19.7. The Labute approximate surface area is 201 Å². The molecule has 0 atom stereocenters. The minimum Gasteiger partial charge on any atom is -0.507 e. The molecule has 0 radical (unpaired) electrons. The number of anilines is 1. The lowest BCUT2D eigenvalue weighted by molar-refractivity contribution is 0.472. The summed E-state index contributed by atoms with van der Waals surface area (Å²) >= 11 is 6.07. The van der Waals surface area contributed by atoms with Gasteiger partial charge in [0.25, 0.3) is 10.0 Å². The molecular weight excluding hydrogens is 470 g/mol. The monoisotopic (exact) mass is 489 g/mol. The number of hydrogen-bond acceptors (Lipinski definition) is 4. The van der Waals surface area contributed by atoms with Crippen molar-refractivity contribution in [2.75, 3.05) is 4.72 Å². The van der Waals surface area contributed by atoms with Crippen molar-refractivity contribution in [2.45, 2.75) is 11.8 Å². The number of aryl methyl sites for hydroxylation is 1. The largest absolute Gasteiger partial charge is 0.507 e. The van der Waals surface area contributed by atoms with Gasteiger partial charge in [0.1, 0.15) is 11.5 Å². The molecule has 0 fully saturated rings. The van der Waals surface area contributed by atoms with Gasteiger partial charge < -0.3 is 10.2 Å². The second-order valence-electron chi connectivity index (χ2n) is 8.06. The van der Waals surface area contributed by atoms with Crippen molar-refractivity contribution in [3.05, 3.63) is 95.5 Å². The summed E-state index contributed by atoms with van der Waals surface area (Å²) in [6.07, 6.45) is 0. The van der Waals surface area contributed by atoms with E-state index < -0.39 is 10.0 Å². The smallest absolute Gasteiger partial charge is 0.262 e. The number of aromatic hydroxyl groups is 2. The number of rotatable bonds is 4. The predicted molar refractivity (Wildman–Crippen MR) is 137 cm³/mol. The van der Waals surface area contributed by atoms with Crippen LogP contribution in [-0.4, -0.2) is 18.6 Å². The number of phenolic OH excluding ortho intramolecular Hbond substituents is 2. The van der Waals surface area contributed by atoms with Crippen LogP contribution in [0.1, 0.15) is 5.56 Å². The van der Waals surface area contributed by atoms with E-state index in [-0.39, 0.29) is 22.1 Å². The van der Waals surface area contributed by atoms with Gasteiger partial charge in [0.2, 0.25) is 0 Å². The van der Waals surface area contributed by atoms with Crippen molar-refractivity contribution in [1.29, 1.82) is 0 Å². The van der Waals surface area contributed by atoms with Gasteiger partial charge in [-0.05, 0) is 47.5 Å². The number of halogens is 1. The van der Waals surface area contributed by atoms with Crippen molar-refractivity contribution < 1.29 is 18.6 Å². The summed E-state index contributed by atoms with van der Waals surface area (Å²) in [6, 6.07) is 24.0. The van der Waals surface area contributed by atoms with E-state index >= 15 is 0 Å². The Kier molecular flexibility index (Phi) is 5.35. The van der Waals surface area contributed by atoms with E-state index in [2.05, 4.69) is 4.72 Å². The van der Waals surface area contributed by atoms with Crippen molar-refractivity contribution in [3.63, 3.8) is 0 Å². The molecule has 5 rings (SSSR count). The fourth-order valence-corrected chi connectivity index (χ4v) is 5.82. The first kappa shape index (κ1) is 22.1. The number of benzene rings is 5. The van der Waals surface area contributed by atoms with Gasteiger partial charge in [0.05, 0.1) is 10.6 Å². The second-order valence-corrected chi connectivity index (χ2v) is 10.1. The molecule has 7 heteroatoms. The number of nitrogens with one attached hydrogen (secondary N) is 1. The molecular formula is C27H20ClNO4S. The molecule has 0 bridgehead atoms. The van der Waals surface area contributed by atoms with Crippen LogP contribution in [0, 0.1) is 6.92 Å². The van der Waals surface area contributed by atoms with Crippen LogP contribution in [0.5, 0.6) is 11.5 Å². The number of hydrogen-bond donors (Lipinski definition) is 3. The first-order valence-corrected chi connectivity index (χ1v) is 12.4. The summed E-state index contributed by atoms with van der Waals surface area (Å²) in [5.41, 5.74) is 1.55. The van der Waals surface area contributed by atoms with Crippen LogP contribution in [0.15, 0.2) is 89.8 Å². The van der Waals surface area contributed by atoms with Crippen molar-refractivity contribution in [1.82, 2.24) is 0 Å². The van der Waals surface area contributed by atoms with Gasteiger partial charge in [-0.1, -0.05) is 72.3 Å². The Morgan fingerprint density at radius 3 is 2.24 bits per heavy atom. The Morgan fingerprint density at radius 1 is 0.794 bits per heavy atom. The summed E-state index contributed by atoms with van der Waals surface area (Å²) in [6.45, 7) is 1.69. The highest BCUT2D eigenvalue weighted by Crippen LogP contribution is 2.46. The fourth-order valence-electron chi connectivity index (χ4n) is 4.24. The van der Waals surface area contributed by atoms with Crippen LogP contribution in [0.25, 0.3) is 32.7 Å². The van der Waals surface area contributed by atoms with Gasteiger partial charge in [-0.25, -0.2) is 8.42 Å². The lowest BCUT2D eigenvalue weighted by Crippen LogP contribution is -2.14. The first-order valence-electron chi connectivity index (χ1n) is 10.5. The summed E-state index contributed by atoms with van der Waals surface area (Å²) in [4.78, 5) is 0.0618. The van der Waals surface area contributed by atoms with Crippen LogP contribution in [0.4, 0.5) is 5.69 Å². The third-order valence-corrected chi connectivity index (χ3v) is 7.62. The average Bonchev–Trinajstić information content (AvgIpc) is 2.82. The third-order valence-electron chi connectivity index (χ3n) is 5.88. The fraction of sp³-hybridized carbons (Fsp3) is 0.0370. The molecule has 5 aromatic carbocycles. The van der Waals surface area contributed by atoms with Gasteiger partial charge in [-0.15, -0.1) is 0 Å². The van der Waals surface area contributed by atoms with E-state index in [9.17, 15) is 18.6 Å². The minimum absolute atomic E-state index is 0.0243. The van der Waals surface area contributed by atoms with Crippen LogP contribution in [0.3, 0.4) is 0 Å². The van der Waals surface area contributed by atoms with E-state index in [4.69, 9.17) is 11.6 Å². The van der Waals surface area contributed by atoms with E-state index in [1.165, 1.54) is 6.07 Å². The van der Waals surface area contributed by atoms with E-state index in [1.807, 2.05) is 24.3 Å². The summed E-state index contributed by atoms with van der Waals surface area (Å²) in [5, 5.41) is 24.8. The van der Waals surface area contributed by atoms with Gasteiger partial charge in [-0.2, -0.15) is 0 Å². The minimum atomic E-state index is -4.00. The van der Waals surface area contributed by atoms with Crippen molar-refractivity contribution >= 4 is 48.9 Å². The van der Waals surface area contributed by atoms with Gasteiger partial charge in [0.15, 0.2) is 0 Å². The molecule has 170 valence electrons. The Bertz CT molecular complexity index is 1700.